The molecule has 0 bridgehead atoms. The highest BCUT2D eigenvalue weighted by molar-refractivity contribution is 6.16. The Hall–Kier alpha value is -7.93. The van der Waals surface area contributed by atoms with E-state index in [1.807, 2.05) is 84.0 Å². The number of hydrogen-bond donors (Lipinski definition) is 2. The van der Waals surface area contributed by atoms with Crippen LogP contribution in [0, 0.1) is 0 Å². The number of ether oxygens (including phenoxy) is 2. The monoisotopic (exact) mass is 975 g/mol. The van der Waals surface area contributed by atoms with Crippen LogP contribution in [0.2, 0.25) is 0 Å². The average Bonchev–Trinajstić information content (AvgIpc) is 3.68. The molecule has 4 aliphatic rings. The van der Waals surface area contributed by atoms with Crippen molar-refractivity contribution in [3.8, 4) is 28.3 Å². The molecule has 0 radical (unpaired) electrons. The van der Waals surface area contributed by atoms with Gasteiger partial charge in [-0.25, -0.2) is 15.0 Å². The maximum atomic E-state index is 13.5. The molecule has 0 spiro atoms. The largest absolute Gasteiger partial charge is 0.460 e. The van der Waals surface area contributed by atoms with E-state index >= 15 is 0 Å². The van der Waals surface area contributed by atoms with Crippen LogP contribution in [0.1, 0.15) is 125 Å². The second kappa shape index (κ2) is 19.2. The molecule has 11 rings (SSSR count). The van der Waals surface area contributed by atoms with Crippen LogP contribution in [-0.2, 0) is 29.9 Å². The van der Waals surface area contributed by atoms with Crippen LogP contribution in [0.3, 0.4) is 0 Å². The Balaban J connectivity index is 0.000000168. The summed E-state index contributed by atoms with van der Waals surface area (Å²) in [4.78, 5) is 67.5. The first-order chi connectivity index (χ1) is 35.0. The van der Waals surface area contributed by atoms with Crippen LogP contribution in [-0.4, -0.2) is 60.9 Å². The zero-order valence-corrected chi connectivity index (χ0v) is 42.3. The predicted octanol–water partition coefficient (Wildman–Crippen LogP) is 12.6. The number of para-hydroxylation sites is 2. The van der Waals surface area contributed by atoms with E-state index in [4.69, 9.17) is 14.5 Å². The van der Waals surface area contributed by atoms with Crippen molar-refractivity contribution >= 4 is 52.3 Å². The fourth-order valence-electron chi connectivity index (χ4n) is 10.4. The molecule has 0 atom stereocenters. The molecule has 5 heterocycles. The Bertz CT molecular complexity index is 3170. The number of aromatic nitrogens is 4. The number of benzene rings is 4. The minimum absolute atomic E-state index is 0.115. The van der Waals surface area contributed by atoms with Crippen molar-refractivity contribution < 1.29 is 28.7 Å². The Labute approximate surface area is 426 Å². The molecule has 4 aromatic carbocycles. The van der Waals surface area contributed by atoms with Gasteiger partial charge in [0.05, 0.1) is 53.4 Å². The number of Topliss-reactive ketones (excluding diaryl/α,β-unsaturated/α-hetero) is 1. The summed E-state index contributed by atoms with van der Waals surface area (Å²) in [5.41, 5.74) is 8.02. The quantitative estimate of drug-likeness (QED) is 0.0992. The van der Waals surface area contributed by atoms with E-state index < -0.39 is 11.2 Å². The van der Waals surface area contributed by atoms with Gasteiger partial charge in [0, 0.05) is 46.1 Å². The highest BCUT2D eigenvalue weighted by Gasteiger charge is 2.43. The number of rotatable bonds is 10. The Morgan fingerprint density at radius 3 is 1.63 bits per heavy atom. The van der Waals surface area contributed by atoms with Crippen molar-refractivity contribution in [2.45, 2.75) is 115 Å². The number of carbonyl (C=O) groups is 4. The van der Waals surface area contributed by atoms with Crippen LogP contribution in [0.4, 0.5) is 28.7 Å². The smallest absolute Gasteiger partial charge is 0.307 e. The maximum absolute atomic E-state index is 13.5. The standard InChI is InChI=1S/C30H30N4O2.C30H31N3O4/c1-29(2,3)36-26(35)18-30(15-7-16-30)21-13-11-20(12-14-21)24-19-34-25-10-6-17-31-27(25)32-23-9-5-4-8-22(23)28(34)33-24;1-29(2,3)37-26(35)18-30(15-7-16-30)21-13-11-20(12-14-21)25(34)19-33-24-10-6-17-31-27(24)32-23-9-5-4-8-22(23)28(33)36/h4-6,8-14,17,19H,7,15-16,18H2,1-3H3,(H,31,32);4-6,8-14,17H,7,15-16,18-19H2,1-3H3,(H,31,32). The minimum atomic E-state index is -0.521. The first kappa shape index (κ1) is 48.7. The summed E-state index contributed by atoms with van der Waals surface area (Å²) in [5, 5.41) is 6.67. The van der Waals surface area contributed by atoms with Crippen molar-refractivity contribution in [1.29, 1.82) is 0 Å². The van der Waals surface area contributed by atoms with Crippen molar-refractivity contribution in [3.05, 3.63) is 162 Å². The molecule has 0 unspecified atom stereocenters. The number of nitrogens with zero attached hydrogens (tertiary/aromatic N) is 5. The third-order valence-corrected chi connectivity index (χ3v) is 14.2. The minimum Gasteiger partial charge on any atom is -0.460 e. The van der Waals surface area contributed by atoms with E-state index in [-0.39, 0.29) is 41.0 Å². The highest BCUT2D eigenvalue weighted by Crippen LogP contribution is 2.49. The molecule has 2 fully saturated rings. The number of amides is 1. The van der Waals surface area contributed by atoms with E-state index in [0.717, 1.165) is 83.9 Å². The zero-order chi connectivity index (χ0) is 51.1. The fourth-order valence-corrected chi connectivity index (χ4v) is 10.4. The van der Waals surface area contributed by atoms with Crippen LogP contribution in [0.5, 0.6) is 0 Å². The number of esters is 2. The molecular weight excluding hydrogens is 915 g/mol. The lowest BCUT2D eigenvalue weighted by Gasteiger charge is -2.42. The van der Waals surface area contributed by atoms with Gasteiger partial charge in [0.25, 0.3) is 5.91 Å². The normalized spacial score (nSPS) is 15.7. The summed E-state index contributed by atoms with van der Waals surface area (Å²) in [5.74, 6) is 1.45. The van der Waals surface area contributed by atoms with Gasteiger partial charge in [-0.3, -0.25) is 28.6 Å². The summed E-state index contributed by atoms with van der Waals surface area (Å²) in [7, 11) is 0. The molecule has 2 aliphatic carbocycles. The van der Waals surface area contributed by atoms with Gasteiger partial charge in [0.1, 0.15) is 17.0 Å². The van der Waals surface area contributed by atoms with Gasteiger partial charge in [-0.2, -0.15) is 0 Å². The molecule has 0 saturated heterocycles. The Kier molecular flexibility index (Phi) is 12.8. The Morgan fingerprint density at radius 1 is 0.603 bits per heavy atom. The van der Waals surface area contributed by atoms with Gasteiger partial charge in [-0.15, -0.1) is 0 Å². The number of imidazole rings is 1. The van der Waals surface area contributed by atoms with Gasteiger partial charge < -0.3 is 20.1 Å². The summed E-state index contributed by atoms with van der Waals surface area (Å²) in [6, 6.07) is 39.0. The molecule has 3 aromatic heterocycles. The van der Waals surface area contributed by atoms with Gasteiger partial charge in [-0.1, -0.05) is 85.6 Å². The molecule has 2 aliphatic heterocycles. The molecule has 13 nitrogen and oxygen atoms in total. The van der Waals surface area contributed by atoms with Crippen LogP contribution < -0.4 is 15.5 Å². The SMILES string of the molecule is CC(C)(C)OC(=O)CC1(c2ccc(-c3cn4c(n3)-c3ccccc3Nc3ncccc3-4)cc2)CCC1.CC(C)(C)OC(=O)CC1(c2ccc(C(=O)CN3C(=O)c4ccccc4Nc4ncccc43)cc2)CCC1. The number of nitrogens with one attached hydrogen (secondary N) is 2. The fraction of sp³-hybridized carbons (Fsp3) is 0.317. The number of carbonyl (C=O) groups excluding carboxylic acids is 4. The second-order valence-corrected chi connectivity index (χ2v) is 21.7. The van der Waals surface area contributed by atoms with E-state index in [0.29, 0.717) is 41.2 Å². The van der Waals surface area contributed by atoms with Crippen LogP contribution in [0.25, 0.3) is 28.3 Å². The molecule has 2 N–H and O–H groups in total. The van der Waals surface area contributed by atoms with Crippen molar-refractivity contribution in [2.24, 2.45) is 0 Å². The van der Waals surface area contributed by atoms with Crippen molar-refractivity contribution in [3.63, 3.8) is 0 Å². The zero-order valence-electron chi connectivity index (χ0n) is 42.3. The number of pyridine rings is 2. The molecule has 1 amide bonds. The maximum Gasteiger partial charge on any atom is 0.307 e. The number of anilines is 5. The molecule has 13 heteroatoms. The summed E-state index contributed by atoms with van der Waals surface area (Å²) >= 11 is 0. The second-order valence-electron chi connectivity index (χ2n) is 21.7. The lowest BCUT2D eigenvalue weighted by atomic mass is 9.62. The van der Waals surface area contributed by atoms with E-state index in [9.17, 15) is 19.2 Å². The molecule has 7 aromatic rings. The molecule has 73 heavy (non-hydrogen) atoms. The number of hydrogen-bond acceptors (Lipinski definition) is 11. The van der Waals surface area contributed by atoms with Crippen LogP contribution in [0.15, 0.2) is 140 Å². The van der Waals surface area contributed by atoms with E-state index in [1.165, 1.54) is 10.5 Å². The lowest BCUT2D eigenvalue weighted by molar-refractivity contribution is -0.158. The molecular formula is C60H61N7O6. The third kappa shape index (κ3) is 10.1. The lowest BCUT2D eigenvalue weighted by Crippen LogP contribution is -2.38. The number of ketones is 1. The first-order valence-electron chi connectivity index (χ1n) is 25.2. The van der Waals surface area contributed by atoms with Crippen LogP contribution >= 0.6 is 0 Å². The van der Waals surface area contributed by atoms with E-state index in [1.54, 1.807) is 48.8 Å². The van der Waals surface area contributed by atoms with Gasteiger partial charge in [-0.05, 0) is 127 Å². The predicted molar refractivity (Wildman–Crippen MR) is 284 cm³/mol. The van der Waals surface area contributed by atoms with Gasteiger partial charge in [0.15, 0.2) is 17.4 Å². The summed E-state index contributed by atoms with van der Waals surface area (Å²) < 4.78 is 13.3. The number of fused-ring (bicyclic) bond motifs is 7. The van der Waals surface area contributed by atoms with E-state index in [2.05, 4.69) is 73.8 Å². The summed E-state index contributed by atoms with van der Waals surface area (Å²) in [6.07, 6.45) is 12.3. The molecule has 2 saturated carbocycles. The van der Waals surface area contributed by atoms with Gasteiger partial charge >= 0.3 is 11.9 Å². The summed E-state index contributed by atoms with van der Waals surface area (Å²) in [6.45, 7) is 11.3. The first-order valence-corrected chi connectivity index (χ1v) is 25.2. The van der Waals surface area contributed by atoms with Crippen molar-refractivity contribution in [1.82, 2.24) is 19.5 Å². The van der Waals surface area contributed by atoms with Gasteiger partial charge in [0.2, 0.25) is 0 Å². The topological polar surface area (TPSA) is 158 Å². The third-order valence-electron chi connectivity index (χ3n) is 14.2. The average molecular weight is 976 g/mol. The molecule has 372 valence electrons. The Morgan fingerprint density at radius 2 is 1.10 bits per heavy atom. The highest BCUT2D eigenvalue weighted by atomic mass is 16.6. The van der Waals surface area contributed by atoms with Crippen molar-refractivity contribution in [2.75, 3.05) is 22.1 Å².